The lowest BCUT2D eigenvalue weighted by Gasteiger charge is -2.13. The number of rotatable bonds is 5. The highest BCUT2D eigenvalue weighted by molar-refractivity contribution is 7.84. The summed E-state index contributed by atoms with van der Waals surface area (Å²) in [6.45, 7) is 1.78. The molecule has 0 aromatic carbocycles. The Labute approximate surface area is 121 Å². The Balaban J connectivity index is 2.83. The van der Waals surface area contributed by atoms with Gasteiger partial charge in [-0.3, -0.25) is 14.0 Å². The Kier molecular flexibility index (Phi) is 6.91. The monoisotopic (exact) mass is 294 g/mol. The van der Waals surface area contributed by atoms with E-state index < -0.39 is 10.8 Å². The number of nitrogens with one attached hydrogen (secondary N) is 1. The number of carbonyl (C=O) groups is 1. The molecule has 0 aliphatic carbocycles. The predicted molar refractivity (Wildman–Crippen MR) is 78.7 cm³/mol. The molecule has 1 aromatic heterocycles. The van der Waals surface area contributed by atoms with Gasteiger partial charge in [0, 0.05) is 47.7 Å². The van der Waals surface area contributed by atoms with Crippen molar-refractivity contribution in [3.05, 3.63) is 29.6 Å². The molecule has 1 heterocycles. The average Bonchev–Trinajstić information content (AvgIpc) is 2.38. The van der Waals surface area contributed by atoms with Gasteiger partial charge in [0.15, 0.2) is 0 Å². The molecule has 0 aliphatic heterocycles. The van der Waals surface area contributed by atoms with Crippen LogP contribution in [-0.4, -0.2) is 44.9 Å². The number of aromatic nitrogens is 1. The maximum absolute atomic E-state index is 12.1. The molecular weight excluding hydrogens is 276 g/mol. The summed E-state index contributed by atoms with van der Waals surface area (Å²) in [7, 11) is -0.963. The molecule has 108 valence electrons. The van der Waals surface area contributed by atoms with Crippen LogP contribution < -0.4 is 5.32 Å². The summed E-state index contributed by atoms with van der Waals surface area (Å²) < 4.78 is 11.1. The van der Waals surface area contributed by atoms with Crippen LogP contribution in [0.4, 0.5) is 0 Å². The van der Waals surface area contributed by atoms with Crippen LogP contribution in [0, 0.1) is 11.8 Å². The number of amides is 1. The van der Waals surface area contributed by atoms with E-state index in [9.17, 15) is 9.00 Å². The molecule has 1 rings (SSSR count). The largest absolute Gasteiger partial charge is 0.395 e. The third-order valence-electron chi connectivity index (χ3n) is 2.39. The first-order valence-electron chi connectivity index (χ1n) is 6.19. The van der Waals surface area contributed by atoms with Crippen LogP contribution in [0.15, 0.2) is 18.5 Å². The van der Waals surface area contributed by atoms with Gasteiger partial charge in [0.2, 0.25) is 0 Å². The normalized spacial score (nSPS) is 12.9. The van der Waals surface area contributed by atoms with E-state index in [1.165, 1.54) is 12.4 Å². The zero-order valence-electron chi connectivity index (χ0n) is 11.5. The molecule has 2 unspecified atom stereocenters. The number of aliphatic hydroxyl groups excluding tert-OH is 1. The summed E-state index contributed by atoms with van der Waals surface area (Å²) in [5.74, 6) is 5.72. The SMILES string of the molecule is CC(CS(C)=O)NC(=O)c1ccncc1C#CCCO. The lowest BCUT2D eigenvalue weighted by molar-refractivity contribution is 0.0943. The number of pyridine rings is 1. The van der Waals surface area contributed by atoms with E-state index in [-0.39, 0.29) is 18.6 Å². The first kappa shape index (κ1) is 16.3. The molecule has 0 fully saturated rings. The second-order valence-electron chi connectivity index (χ2n) is 4.31. The molecule has 0 radical (unpaired) electrons. The minimum Gasteiger partial charge on any atom is -0.395 e. The zero-order chi connectivity index (χ0) is 15.0. The lowest BCUT2D eigenvalue weighted by Crippen LogP contribution is -2.36. The molecule has 0 aliphatic rings. The van der Waals surface area contributed by atoms with E-state index in [2.05, 4.69) is 22.1 Å². The van der Waals surface area contributed by atoms with E-state index in [4.69, 9.17) is 5.11 Å². The Hall–Kier alpha value is -1.71. The first-order chi connectivity index (χ1) is 9.54. The fourth-order valence-electron chi connectivity index (χ4n) is 1.60. The molecule has 6 heteroatoms. The average molecular weight is 294 g/mol. The number of carbonyl (C=O) groups excluding carboxylic acids is 1. The van der Waals surface area contributed by atoms with Crippen molar-refractivity contribution in [3.8, 4) is 11.8 Å². The minimum atomic E-state index is -0.963. The third-order valence-corrected chi connectivity index (χ3v) is 3.36. The zero-order valence-corrected chi connectivity index (χ0v) is 12.4. The number of hydrogen-bond acceptors (Lipinski definition) is 4. The highest BCUT2D eigenvalue weighted by atomic mass is 32.2. The van der Waals surface area contributed by atoms with Crippen LogP contribution in [0.1, 0.15) is 29.3 Å². The van der Waals surface area contributed by atoms with E-state index >= 15 is 0 Å². The molecule has 5 nitrogen and oxygen atoms in total. The van der Waals surface area contributed by atoms with Crippen molar-refractivity contribution in [1.82, 2.24) is 10.3 Å². The van der Waals surface area contributed by atoms with Crippen molar-refractivity contribution in [1.29, 1.82) is 0 Å². The van der Waals surface area contributed by atoms with E-state index in [1.54, 1.807) is 19.2 Å². The second-order valence-corrected chi connectivity index (χ2v) is 5.79. The van der Waals surface area contributed by atoms with Crippen LogP contribution in [-0.2, 0) is 10.8 Å². The van der Waals surface area contributed by atoms with Crippen LogP contribution in [0.5, 0.6) is 0 Å². The first-order valence-corrected chi connectivity index (χ1v) is 7.92. The van der Waals surface area contributed by atoms with Crippen molar-refractivity contribution in [3.63, 3.8) is 0 Å². The Morgan fingerprint density at radius 3 is 3.00 bits per heavy atom. The summed E-state index contributed by atoms with van der Waals surface area (Å²) in [4.78, 5) is 16.1. The van der Waals surface area contributed by atoms with Crippen molar-refractivity contribution < 1.29 is 14.1 Å². The van der Waals surface area contributed by atoms with E-state index in [1.807, 2.05) is 0 Å². The van der Waals surface area contributed by atoms with Gasteiger partial charge >= 0.3 is 0 Å². The quantitative estimate of drug-likeness (QED) is 0.766. The highest BCUT2D eigenvalue weighted by Gasteiger charge is 2.13. The minimum absolute atomic E-state index is 0.0197. The molecule has 20 heavy (non-hydrogen) atoms. The molecule has 0 saturated heterocycles. The van der Waals surface area contributed by atoms with Crippen molar-refractivity contribution in [2.45, 2.75) is 19.4 Å². The molecule has 1 aromatic rings. The van der Waals surface area contributed by atoms with Gasteiger partial charge < -0.3 is 10.4 Å². The maximum atomic E-state index is 12.1. The summed E-state index contributed by atoms with van der Waals surface area (Å²) in [6.07, 6.45) is 4.98. The van der Waals surface area contributed by atoms with Gasteiger partial charge in [-0.2, -0.15) is 0 Å². The van der Waals surface area contributed by atoms with Crippen molar-refractivity contribution >= 4 is 16.7 Å². The third kappa shape index (κ3) is 5.51. The molecule has 2 atom stereocenters. The van der Waals surface area contributed by atoms with Gasteiger partial charge in [0.05, 0.1) is 17.7 Å². The molecule has 0 saturated carbocycles. The lowest BCUT2D eigenvalue weighted by atomic mass is 10.1. The molecule has 1 amide bonds. The number of hydrogen-bond donors (Lipinski definition) is 2. The van der Waals surface area contributed by atoms with Gasteiger partial charge in [0.25, 0.3) is 5.91 Å². The van der Waals surface area contributed by atoms with Gasteiger partial charge in [-0.15, -0.1) is 0 Å². The molecular formula is C14H18N2O3S. The van der Waals surface area contributed by atoms with Crippen LogP contribution in [0.25, 0.3) is 0 Å². The summed E-state index contributed by atoms with van der Waals surface area (Å²) in [5.41, 5.74) is 0.947. The van der Waals surface area contributed by atoms with Crippen molar-refractivity contribution in [2.75, 3.05) is 18.6 Å². The van der Waals surface area contributed by atoms with Crippen LogP contribution in [0.2, 0.25) is 0 Å². The molecule has 0 bridgehead atoms. The van der Waals surface area contributed by atoms with Gasteiger partial charge in [-0.25, -0.2) is 0 Å². The highest BCUT2D eigenvalue weighted by Crippen LogP contribution is 2.06. The summed E-state index contributed by atoms with van der Waals surface area (Å²) >= 11 is 0. The number of nitrogens with zero attached hydrogens (tertiary/aromatic N) is 1. The maximum Gasteiger partial charge on any atom is 0.252 e. The summed E-state index contributed by atoms with van der Waals surface area (Å²) in [5, 5.41) is 11.5. The molecule has 2 N–H and O–H groups in total. The Bertz CT molecular complexity index is 549. The standard InChI is InChI=1S/C14H18N2O3S/c1-11(10-20(2)19)16-14(18)13-6-7-15-9-12(13)5-3-4-8-17/h6-7,9,11,17H,4,8,10H2,1-2H3,(H,16,18). The second kappa shape index (κ2) is 8.46. The van der Waals surface area contributed by atoms with Gasteiger partial charge in [-0.1, -0.05) is 11.8 Å². The van der Waals surface area contributed by atoms with Gasteiger partial charge in [-0.05, 0) is 13.0 Å². The Morgan fingerprint density at radius 2 is 2.35 bits per heavy atom. The fourth-order valence-corrected chi connectivity index (χ4v) is 2.39. The number of aliphatic hydroxyl groups is 1. The van der Waals surface area contributed by atoms with Crippen LogP contribution >= 0.6 is 0 Å². The van der Waals surface area contributed by atoms with Gasteiger partial charge in [0.1, 0.15) is 0 Å². The predicted octanol–water partition coefficient (Wildman–Crippen LogP) is 0.312. The van der Waals surface area contributed by atoms with Crippen molar-refractivity contribution in [2.24, 2.45) is 0 Å². The molecule has 0 spiro atoms. The Morgan fingerprint density at radius 1 is 1.60 bits per heavy atom. The van der Waals surface area contributed by atoms with Crippen LogP contribution in [0.3, 0.4) is 0 Å². The topological polar surface area (TPSA) is 79.3 Å². The fraction of sp³-hybridized carbons (Fsp3) is 0.429. The van der Waals surface area contributed by atoms with E-state index in [0.29, 0.717) is 23.3 Å². The van der Waals surface area contributed by atoms with E-state index in [0.717, 1.165) is 0 Å². The summed E-state index contributed by atoms with van der Waals surface area (Å²) in [6, 6.07) is 1.41. The smallest absolute Gasteiger partial charge is 0.252 e.